The Kier molecular flexibility index (Phi) is 6.77. The highest BCUT2D eigenvalue weighted by molar-refractivity contribution is 5.84. The van der Waals surface area contributed by atoms with Crippen molar-refractivity contribution < 1.29 is 23.8 Å². The molecule has 31 heavy (non-hydrogen) atoms. The van der Waals surface area contributed by atoms with Gasteiger partial charge in [0.25, 0.3) is 0 Å². The number of aromatic nitrogens is 2. The number of pyridine rings is 2. The van der Waals surface area contributed by atoms with Crippen LogP contribution in [0.1, 0.15) is 37.5 Å². The van der Waals surface area contributed by atoms with Crippen molar-refractivity contribution in [2.45, 2.75) is 34.3 Å². The first-order valence-corrected chi connectivity index (χ1v) is 9.77. The normalized spacial score (nSPS) is 11.5. The maximum Gasteiger partial charge on any atom is 0.309 e. The van der Waals surface area contributed by atoms with Crippen molar-refractivity contribution in [2.75, 3.05) is 7.11 Å². The van der Waals surface area contributed by atoms with Crippen molar-refractivity contribution in [3.05, 3.63) is 59.2 Å². The second kappa shape index (κ2) is 9.49. The first-order valence-electron chi connectivity index (χ1n) is 9.77. The fraction of sp³-hybridized carbons (Fsp3) is 0.250. The van der Waals surface area contributed by atoms with E-state index in [4.69, 9.17) is 19.2 Å². The number of benzene rings is 1. The Morgan fingerprint density at radius 3 is 2.45 bits per heavy atom. The van der Waals surface area contributed by atoms with Crippen LogP contribution >= 0.6 is 0 Å². The Balaban J connectivity index is 2.29. The molecular weight excluding hydrogens is 396 g/mol. The van der Waals surface area contributed by atoms with Crippen molar-refractivity contribution >= 4 is 28.6 Å². The van der Waals surface area contributed by atoms with Gasteiger partial charge in [0, 0.05) is 43.0 Å². The molecule has 0 atom stereocenters. The van der Waals surface area contributed by atoms with E-state index in [9.17, 15) is 9.59 Å². The van der Waals surface area contributed by atoms with Gasteiger partial charge in [-0.2, -0.15) is 0 Å². The minimum atomic E-state index is -0.503. The van der Waals surface area contributed by atoms with Crippen LogP contribution in [0.2, 0.25) is 0 Å². The van der Waals surface area contributed by atoms with Gasteiger partial charge in [0.05, 0.1) is 23.5 Å². The van der Waals surface area contributed by atoms with Crippen LogP contribution < -0.4 is 4.74 Å². The van der Waals surface area contributed by atoms with Crippen LogP contribution in [0.5, 0.6) is 5.88 Å². The molecule has 0 spiro atoms. The predicted octanol–water partition coefficient (Wildman–Crippen LogP) is 4.60. The molecule has 7 heteroatoms. The van der Waals surface area contributed by atoms with Crippen molar-refractivity contribution in [1.29, 1.82) is 0 Å². The predicted molar refractivity (Wildman–Crippen MR) is 117 cm³/mol. The number of allylic oxidation sites excluding steroid dienone is 1. The lowest BCUT2D eigenvalue weighted by Gasteiger charge is -2.16. The lowest BCUT2D eigenvalue weighted by atomic mass is 10.0. The number of fused-ring (bicyclic) bond motifs is 1. The van der Waals surface area contributed by atoms with Gasteiger partial charge in [0.1, 0.15) is 5.76 Å². The average Bonchev–Trinajstić information content (AvgIpc) is 2.73. The minimum absolute atomic E-state index is 0.129. The van der Waals surface area contributed by atoms with Crippen LogP contribution in [-0.2, 0) is 25.7 Å². The summed E-state index contributed by atoms with van der Waals surface area (Å²) in [6.07, 6.45) is 1.68. The van der Waals surface area contributed by atoms with Crippen molar-refractivity contribution in [2.24, 2.45) is 0 Å². The second-order valence-corrected chi connectivity index (χ2v) is 6.95. The van der Waals surface area contributed by atoms with E-state index < -0.39 is 11.9 Å². The van der Waals surface area contributed by atoms with Gasteiger partial charge in [-0.3, -0.25) is 9.59 Å². The number of rotatable bonds is 6. The highest BCUT2D eigenvalue weighted by Gasteiger charge is 2.20. The number of hydrogen-bond acceptors (Lipinski definition) is 7. The highest BCUT2D eigenvalue weighted by atomic mass is 16.5. The van der Waals surface area contributed by atoms with Gasteiger partial charge in [-0.25, -0.2) is 9.97 Å². The van der Waals surface area contributed by atoms with E-state index in [0.29, 0.717) is 34.9 Å². The molecule has 0 fully saturated rings. The zero-order valence-electron chi connectivity index (χ0n) is 18.2. The highest BCUT2D eigenvalue weighted by Crippen LogP contribution is 2.33. The molecule has 0 aliphatic rings. The molecule has 3 aromatic rings. The molecular formula is C24H24N2O5. The van der Waals surface area contributed by atoms with E-state index >= 15 is 0 Å². The number of methoxy groups -OCH3 is 1. The SMILES string of the molecule is C/C=C(/OC(C)=O)c1cc(-c2nc3ccccc3cc2COC)nc(OC(C)=O)c1C. The Labute approximate surface area is 180 Å². The number of carbonyl (C=O) groups excluding carboxylic acids is 2. The number of esters is 2. The standard InChI is InChI=1S/C24H24N2O5/c1-6-22(30-15(3)27)19-12-21(26-24(14(19)2)31-16(4)28)23-18(13-29-5)11-17-9-7-8-10-20(17)25-23/h6-12H,13H2,1-5H3/b22-6+. The lowest BCUT2D eigenvalue weighted by Crippen LogP contribution is -2.09. The third-order valence-electron chi connectivity index (χ3n) is 4.59. The summed E-state index contributed by atoms with van der Waals surface area (Å²) in [6.45, 7) is 6.47. The summed E-state index contributed by atoms with van der Waals surface area (Å²) in [6, 6.07) is 11.5. The monoisotopic (exact) mass is 420 g/mol. The summed E-state index contributed by atoms with van der Waals surface area (Å²) in [5, 5.41) is 0.972. The Hall–Kier alpha value is -3.58. The van der Waals surface area contributed by atoms with Gasteiger partial charge in [-0.05, 0) is 38.1 Å². The van der Waals surface area contributed by atoms with E-state index in [1.807, 2.05) is 30.3 Å². The van der Waals surface area contributed by atoms with Crippen molar-refractivity contribution in [3.8, 4) is 17.3 Å². The van der Waals surface area contributed by atoms with E-state index in [1.165, 1.54) is 13.8 Å². The van der Waals surface area contributed by atoms with E-state index in [-0.39, 0.29) is 5.88 Å². The molecule has 0 aliphatic heterocycles. The van der Waals surface area contributed by atoms with Crippen LogP contribution in [0.3, 0.4) is 0 Å². The Morgan fingerprint density at radius 2 is 1.81 bits per heavy atom. The molecule has 0 aliphatic carbocycles. The first kappa shape index (κ1) is 22.1. The van der Waals surface area contributed by atoms with E-state index in [1.54, 1.807) is 33.1 Å². The van der Waals surface area contributed by atoms with Gasteiger partial charge in [0.15, 0.2) is 0 Å². The molecule has 7 nitrogen and oxygen atoms in total. The molecule has 3 rings (SSSR count). The molecule has 160 valence electrons. The van der Waals surface area contributed by atoms with Crippen molar-refractivity contribution in [3.63, 3.8) is 0 Å². The maximum atomic E-state index is 11.7. The smallest absolute Gasteiger partial charge is 0.309 e. The van der Waals surface area contributed by atoms with E-state index in [0.717, 1.165) is 16.5 Å². The lowest BCUT2D eigenvalue weighted by molar-refractivity contribution is -0.134. The average molecular weight is 420 g/mol. The molecule has 0 N–H and O–H groups in total. The van der Waals surface area contributed by atoms with Crippen molar-refractivity contribution in [1.82, 2.24) is 9.97 Å². The third kappa shape index (κ3) is 4.95. The topological polar surface area (TPSA) is 87.6 Å². The van der Waals surface area contributed by atoms with Crippen LogP contribution in [0.15, 0.2) is 42.5 Å². The zero-order chi connectivity index (χ0) is 22.5. The Morgan fingerprint density at radius 1 is 1.06 bits per heavy atom. The van der Waals surface area contributed by atoms with Gasteiger partial charge < -0.3 is 14.2 Å². The maximum absolute atomic E-state index is 11.7. The summed E-state index contributed by atoms with van der Waals surface area (Å²) in [5.74, 6) is -0.485. The number of para-hydroxylation sites is 1. The fourth-order valence-electron chi connectivity index (χ4n) is 3.27. The van der Waals surface area contributed by atoms with Gasteiger partial charge in [-0.1, -0.05) is 18.2 Å². The van der Waals surface area contributed by atoms with Crippen LogP contribution in [0.4, 0.5) is 0 Å². The summed E-state index contributed by atoms with van der Waals surface area (Å²) < 4.78 is 16.1. The number of ether oxygens (including phenoxy) is 3. The molecule has 0 amide bonds. The first-order chi connectivity index (χ1) is 14.8. The fourth-order valence-corrected chi connectivity index (χ4v) is 3.27. The number of carbonyl (C=O) groups is 2. The summed E-state index contributed by atoms with van der Waals surface area (Å²) in [5.41, 5.74) is 3.84. The quantitative estimate of drug-likeness (QED) is 0.425. The van der Waals surface area contributed by atoms with Gasteiger partial charge in [0.2, 0.25) is 5.88 Å². The van der Waals surface area contributed by atoms with Gasteiger partial charge >= 0.3 is 11.9 Å². The van der Waals surface area contributed by atoms with Crippen LogP contribution in [0, 0.1) is 6.92 Å². The summed E-state index contributed by atoms with van der Waals surface area (Å²) in [7, 11) is 1.61. The van der Waals surface area contributed by atoms with Crippen LogP contribution in [-0.4, -0.2) is 29.0 Å². The Bertz CT molecular complexity index is 1180. The van der Waals surface area contributed by atoms with Crippen LogP contribution in [0.25, 0.3) is 28.0 Å². The largest absolute Gasteiger partial charge is 0.426 e. The molecule has 2 heterocycles. The third-order valence-corrected chi connectivity index (χ3v) is 4.59. The molecule has 1 aromatic carbocycles. The zero-order valence-corrected chi connectivity index (χ0v) is 18.2. The molecule has 0 unspecified atom stereocenters. The summed E-state index contributed by atoms with van der Waals surface area (Å²) >= 11 is 0. The number of hydrogen-bond donors (Lipinski definition) is 0. The molecule has 0 radical (unpaired) electrons. The minimum Gasteiger partial charge on any atom is -0.426 e. The molecule has 0 bridgehead atoms. The summed E-state index contributed by atoms with van der Waals surface area (Å²) in [4.78, 5) is 32.6. The number of nitrogens with zero attached hydrogens (tertiary/aromatic N) is 2. The molecule has 0 saturated carbocycles. The van der Waals surface area contributed by atoms with E-state index in [2.05, 4.69) is 4.98 Å². The van der Waals surface area contributed by atoms with Gasteiger partial charge in [-0.15, -0.1) is 0 Å². The molecule has 0 saturated heterocycles. The second-order valence-electron chi connectivity index (χ2n) is 6.95. The molecule has 2 aromatic heterocycles.